The Morgan fingerprint density at radius 2 is 1.68 bits per heavy atom. The lowest BCUT2D eigenvalue weighted by Crippen LogP contribution is -2.31. The first kappa shape index (κ1) is 16.6. The Balaban J connectivity index is 1.90. The van der Waals surface area contributed by atoms with Crippen molar-refractivity contribution in [3.05, 3.63) is 60.2 Å². The van der Waals surface area contributed by atoms with Crippen molar-refractivity contribution in [1.82, 2.24) is 4.72 Å². The molecule has 0 radical (unpaired) electrons. The third-order valence-electron chi connectivity index (χ3n) is 2.97. The summed E-state index contributed by atoms with van der Waals surface area (Å²) in [7, 11) is -3.79. The van der Waals surface area contributed by atoms with Gasteiger partial charge >= 0.3 is 0 Å². The number of rotatable bonds is 6. The van der Waals surface area contributed by atoms with Gasteiger partial charge in [0.2, 0.25) is 5.91 Å². The molecule has 2 aromatic carbocycles. The Morgan fingerprint density at radius 3 is 2.36 bits per heavy atom. The van der Waals surface area contributed by atoms with Gasteiger partial charge in [0.25, 0.3) is 10.0 Å². The molecule has 0 saturated heterocycles. The fourth-order valence-corrected chi connectivity index (χ4v) is 4.03. The quantitative estimate of drug-likeness (QED) is 0.824. The van der Waals surface area contributed by atoms with Crippen molar-refractivity contribution in [3.8, 4) is 0 Å². The molecule has 0 bridgehead atoms. The summed E-state index contributed by atoms with van der Waals surface area (Å²) in [6.07, 6.45) is 0.144. The highest BCUT2D eigenvalue weighted by molar-refractivity contribution is 7.99. The number of aryl methyl sites for hydroxylation is 1. The summed E-state index contributed by atoms with van der Waals surface area (Å²) in [6.45, 7) is 1.70. The van der Waals surface area contributed by atoms with Crippen molar-refractivity contribution in [1.29, 1.82) is 0 Å². The third kappa shape index (κ3) is 4.61. The highest BCUT2D eigenvalue weighted by Crippen LogP contribution is 2.18. The molecule has 1 amide bonds. The molecule has 22 heavy (non-hydrogen) atoms. The van der Waals surface area contributed by atoms with E-state index in [1.165, 1.54) is 17.8 Å². The Kier molecular flexibility index (Phi) is 5.63. The molecule has 0 aliphatic carbocycles. The summed E-state index contributed by atoms with van der Waals surface area (Å²) in [6, 6.07) is 16.2. The van der Waals surface area contributed by atoms with Gasteiger partial charge in [-0.1, -0.05) is 36.4 Å². The predicted molar refractivity (Wildman–Crippen MR) is 88.3 cm³/mol. The Labute approximate surface area is 135 Å². The van der Waals surface area contributed by atoms with Crippen molar-refractivity contribution < 1.29 is 13.2 Å². The average molecular weight is 335 g/mol. The van der Waals surface area contributed by atoms with Crippen LogP contribution < -0.4 is 4.72 Å². The predicted octanol–water partition coefficient (Wildman–Crippen LogP) is 2.98. The van der Waals surface area contributed by atoms with Crippen LogP contribution in [-0.2, 0) is 14.8 Å². The number of hydrogen-bond acceptors (Lipinski definition) is 4. The molecule has 0 saturated carbocycles. The summed E-state index contributed by atoms with van der Waals surface area (Å²) in [5, 5.41) is 0. The SMILES string of the molecule is Cc1ccccc1S(=O)(=O)NC(=O)CCSc1ccccc1. The summed E-state index contributed by atoms with van der Waals surface area (Å²) < 4.78 is 26.4. The molecule has 0 atom stereocenters. The molecular formula is C16H17NO3S2. The molecular weight excluding hydrogens is 318 g/mol. The van der Waals surface area contributed by atoms with E-state index in [1.807, 2.05) is 30.3 Å². The van der Waals surface area contributed by atoms with Crippen molar-refractivity contribution in [2.75, 3.05) is 5.75 Å². The molecule has 0 heterocycles. The van der Waals surface area contributed by atoms with E-state index in [9.17, 15) is 13.2 Å². The van der Waals surface area contributed by atoms with Gasteiger partial charge < -0.3 is 0 Å². The van der Waals surface area contributed by atoms with Crippen LogP contribution in [0.15, 0.2) is 64.4 Å². The Bertz CT molecular complexity index is 743. The Morgan fingerprint density at radius 1 is 1.05 bits per heavy atom. The van der Waals surface area contributed by atoms with Crippen LogP contribution >= 0.6 is 11.8 Å². The number of hydrogen-bond donors (Lipinski definition) is 1. The molecule has 4 nitrogen and oxygen atoms in total. The van der Waals surface area contributed by atoms with Crippen molar-refractivity contribution in [2.24, 2.45) is 0 Å². The van der Waals surface area contributed by atoms with Crippen LogP contribution in [0.5, 0.6) is 0 Å². The number of carbonyl (C=O) groups excluding carboxylic acids is 1. The van der Waals surface area contributed by atoms with Gasteiger partial charge in [-0.05, 0) is 30.7 Å². The van der Waals surface area contributed by atoms with E-state index in [0.717, 1.165) is 4.90 Å². The zero-order valence-corrected chi connectivity index (χ0v) is 13.8. The minimum absolute atomic E-state index is 0.138. The van der Waals surface area contributed by atoms with Gasteiger partial charge in [-0.3, -0.25) is 4.79 Å². The van der Waals surface area contributed by atoms with E-state index < -0.39 is 15.9 Å². The van der Waals surface area contributed by atoms with Crippen molar-refractivity contribution >= 4 is 27.7 Å². The van der Waals surface area contributed by atoms with E-state index in [0.29, 0.717) is 11.3 Å². The number of amides is 1. The first-order chi connectivity index (χ1) is 10.5. The van der Waals surface area contributed by atoms with Crippen LogP contribution in [0.25, 0.3) is 0 Å². The lowest BCUT2D eigenvalue weighted by molar-refractivity contribution is -0.118. The lowest BCUT2D eigenvalue weighted by atomic mass is 10.2. The number of benzene rings is 2. The zero-order valence-electron chi connectivity index (χ0n) is 12.2. The van der Waals surface area contributed by atoms with Crippen molar-refractivity contribution in [2.45, 2.75) is 23.1 Å². The normalized spacial score (nSPS) is 11.1. The molecule has 0 aromatic heterocycles. The highest BCUT2D eigenvalue weighted by Gasteiger charge is 2.18. The molecule has 2 aromatic rings. The van der Waals surface area contributed by atoms with Gasteiger partial charge in [0.05, 0.1) is 4.90 Å². The highest BCUT2D eigenvalue weighted by atomic mass is 32.2. The van der Waals surface area contributed by atoms with Gasteiger partial charge in [-0.25, -0.2) is 13.1 Å². The standard InChI is InChI=1S/C16H17NO3S2/c1-13-7-5-6-10-15(13)22(19,20)17-16(18)11-12-21-14-8-3-2-4-9-14/h2-10H,11-12H2,1H3,(H,17,18). The van der Waals surface area contributed by atoms with Crippen LogP contribution in [0, 0.1) is 6.92 Å². The summed E-state index contributed by atoms with van der Waals surface area (Å²) >= 11 is 1.52. The maximum Gasteiger partial charge on any atom is 0.264 e. The number of thioether (sulfide) groups is 1. The summed E-state index contributed by atoms with van der Waals surface area (Å²) in [4.78, 5) is 13.0. The second-order valence-electron chi connectivity index (χ2n) is 4.71. The number of sulfonamides is 1. The van der Waals surface area contributed by atoms with Gasteiger partial charge in [0, 0.05) is 17.1 Å². The fraction of sp³-hybridized carbons (Fsp3) is 0.188. The molecule has 0 aliphatic rings. The van der Waals surface area contributed by atoms with Crippen LogP contribution in [-0.4, -0.2) is 20.1 Å². The smallest absolute Gasteiger partial charge is 0.264 e. The molecule has 0 spiro atoms. The largest absolute Gasteiger partial charge is 0.274 e. The second kappa shape index (κ2) is 7.47. The average Bonchev–Trinajstić information content (AvgIpc) is 2.48. The molecule has 0 aliphatic heterocycles. The molecule has 0 fully saturated rings. The number of carbonyl (C=O) groups is 1. The Hall–Kier alpha value is -1.79. The monoisotopic (exact) mass is 335 g/mol. The topological polar surface area (TPSA) is 63.2 Å². The fourth-order valence-electron chi connectivity index (χ4n) is 1.89. The van der Waals surface area contributed by atoms with Gasteiger partial charge in [0.15, 0.2) is 0 Å². The second-order valence-corrected chi connectivity index (χ2v) is 7.52. The third-order valence-corrected chi connectivity index (χ3v) is 5.52. The van der Waals surface area contributed by atoms with Crippen LogP contribution in [0.3, 0.4) is 0 Å². The van der Waals surface area contributed by atoms with E-state index in [1.54, 1.807) is 25.1 Å². The molecule has 6 heteroatoms. The van der Waals surface area contributed by atoms with Crippen LogP contribution in [0.1, 0.15) is 12.0 Å². The number of nitrogens with one attached hydrogen (secondary N) is 1. The summed E-state index contributed by atoms with van der Waals surface area (Å²) in [5.41, 5.74) is 0.612. The first-order valence-corrected chi connectivity index (χ1v) is 9.25. The maximum atomic E-state index is 12.2. The zero-order chi connectivity index (χ0) is 16.0. The van der Waals surface area contributed by atoms with Crippen LogP contribution in [0.2, 0.25) is 0 Å². The van der Waals surface area contributed by atoms with E-state index >= 15 is 0 Å². The van der Waals surface area contributed by atoms with E-state index in [4.69, 9.17) is 0 Å². The summed E-state index contributed by atoms with van der Waals surface area (Å²) in [5.74, 6) is 0.0331. The first-order valence-electron chi connectivity index (χ1n) is 6.78. The van der Waals surface area contributed by atoms with E-state index in [2.05, 4.69) is 4.72 Å². The molecule has 116 valence electrons. The minimum Gasteiger partial charge on any atom is -0.274 e. The van der Waals surface area contributed by atoms with Crippen LogP contribution in [0.4, 0.5) is 0 Å². The van der Waals surface area contributed by atoms with Crippen molar-refractivity contribution in [3.63, 3.8) is 0 Å². The van der Waals surface area contributed by atoms with E-state index in [-0.39, 0.29) is 11.3 Å². The lowest BCUT2D eigenvalue weighted by Gasteiger charge is -2.09. The molecule has 0 unspecified atom stereocenters. The van der Waals surface area contributed by atoms with Gasteiger partial charge in [0.1, 0.15) is 0 Å². The maximum absolute atomic E-state index is 12.2. The van der Waals surface area contributed by atoms with Gasteiger partial charge in [-0.15, -0.1) is 11.8 Å². The molecule has 2 rings (SSSR count). The molecule has 1 N–H and O–H groups in total. The van der Waals surface area contributed by atoms with Gasteiger partial charge in [-0.2, -0.15) is 0 Å². The minimum atomic E-state index is -3.79.